The minimum atomic E-state index is -0.0991. The number of ether oxygens (including phenoxy) is 2. The Bertz CT molecular complexity index is 492. The van der Waals surface area contributed by atoms with Gasteiger partial charge < -0.3 is 14.4 Å². The predicted molar refractivity (Wildman–Crippen MR) is 90.7 cm³/mol. The molecule has 3 fully saturated rings. The SMILES string of the molecule is c1csc(CN2CCOCC3(CCC(CN4CCCC4)O3)C2)n1. The van der Waals surface area contributed by atoms with Crippen LogP contribution in [0.5, 0.6) is 0 Å². The van der Waals surface area contributed by atoms with Crippen LogP contribution >= 0.6 is 11.3 Å². The van der Waals surface area contributed by atoms with Gasteiger partial charge in [-0.2, -0.15) is 0 Å². The molecule has 0 saturated carbocycles. The van der Waals surface area contributed by atoms with Crippen LogP contribution in [0.1, 0.15) is 30.7 Å². The Morgan fingerprint density at radius 3 is 3.00 bits per heavy atom. The van der Waals surface area contributed by atoms with E-state index in [1.54, 1.807) is 11.3 Å². The van der Waals surface area contributed by atoms with Crippen molar-refractivity contribution in [2.24, 2.45) is 0 Å². The quantitative estimate of drug-likeness (QED) is 0.840. The molecule has 0 amide bonds. The third-order valence-corrected chi connectivity index (χ3v) is 6.03. The van der Waals surface area contributed by atoms with Gasteiger partial charge in [0.05, 0.1) is 25.9 Å². The van der Waals surface area contributed by atoms with Gasteiger partial charge in [-0.3, -0.25) is 4.90 Å². The highest BCUT2D eigenvalue weighted by Crippen LogP contribution is 2.34. The second-order valence-electron chi connectivity index (χ2n) is 7.16. The lowest BCUT2D eigenvalue weighted by atomic mass is 10.00. The smallest absolute Gasteiger partial charge is 0.107 e. The summed E-state index contributed by atoms with van der Waals surface area (Å²) < 4.78 is 12.5. The number of rotatable bonds is 4. The average Bonchev–Trinajstić information content (AvgIpc) is 3.25. The molecule has 3 aliphatic heterocycles. The first kappa shape index (κ1) is 16.0. The van der Waals surface area contributed by atoms with Crippen molar-refractivity contribution in [2.75, 3.05) is 45.9 Å². The topological polar surface area (TPSA) is 37.8 Å². The van der Waals surface area contributed by atoms with E-state index in [4.69, 9.17) is 9.47 Å². The third kappa shape index (κ3) is 3.94. The van der Waals surface area contributed by atoms with Crippen LogP contribution in [0.4, 0.5) is 0 Å². The second-order valence-corrected chi connectivity index (χ2v) is 8.14. The number of thiazole rings is 1. The minimum absolute atomic E-state index is 0.0991. The fourth-order valence-electron chi connectivity index (χ4n) is 4.14. The van der Waals surface area contributed by atoms with Gasteiger partial charge in [0, 0.05) is 31.2 Å². The summed E-state index contributed by atoms with van der Waals surface area (Å²) >= 11 is 1.74. The molecule has 4 rings (SSSR count). The van der Waals surface area contributed by atoms with Crippen molar-refractivity contribution in [1.82, 2.24) is 14.8 Å². The minimum Gasteiger partial charge on any atom is -0.377 e. The third-order valence-electron chi connectivity index (χ3n) is 5.27. The average molecular weight is 337 g/mol. The molecule has 3 aliphatic rings. The summed E-state index contributed by atoms with van der Waals surface area (Å²) in [5.41, 5.74) is -0.0991. The summed E-state index contributed by atoms with van der Waals surface area (Å²) in [6.07, 6.45) is 7.27. The highest BCUT2D eigenvalue weighted by atomic mass is 32.1. The summed E-state index contributed by atoms with van der Waals surface area (Å²) in [6, 6.07) is 0. The van der Waals surface area contributed by atoms with Crippen LogP contribution < -0.4 is 0 Å². The Balaban J connectivity index is 1.36. The molecule has 128 valence electrons. The molecule has 3 saturated heterocycles. The molecule has 4 heterocycles. The second kappa shape index (κ2) is 7.15. The van der Waals surface area contributed by atoms with E-state index < -0.39 is 0 Å². The van der Waals surface area contributed by atoms with Crippen LogP contribution in [0.15, 0.2) is 11.6 Å². The Morgan fingerprint density at radius 2 is 2.17 bits per heavy atom. The summed E-state index contributed by atoms with van der Waals surface area (Å²) in [5, 5.41) is 3.24. The Morgan fingerprint density at radius 1 is 1.26 bits per heavy atom. The van der Waals surface area contributed by atoms with Crippen molar-refractivity contribution in [3.05, 3.63) is 16.6 Å². The first-order valence-electron chi connectivity index (χ1n) is 8.90. The van der Waals surface area contributed by atoms with Crippen LogP contribution in [0.3, 0.4) is 0 Å². The van der Waals surface area contributed by atoms with Gasteiger partial charge in [0.25, 0.3) is 0 Å². The zero-order valence-electron chi connectivity index (χ0n) is 13.8. The molecule has 1 spiro atoms. The van der Waals surface area contributed by atoms with Gasteiger partial charge in [-0.1, -0.05) is 0 Å². The molecule has 0 N–H and O–H groups in total. The fraction of sp³-hybridized carbons (Fsp3) is 0.824. The predicted octanol–water partition coefficient (Wildman–Crippen LogP) is 1.99. The maximum absolute atomic E-state index is 6.56. The molecule has 1 aromatic heterocycles. The summed E-state index contributed by atoms with van der Waals surface area (Å²) in [7, 11) is 0. The van der Waals surface area contributed by atoms with Gasteiger partial charge >= 0.3 is 0 Å². The lowest BCUT2D eigenvalue weighted by Crippen LogP contribution is -2.45. The van der Waals surface area contributed by atoms with E-state index in [0.29, 0.717) is 6.10 Å². The van der Waals surface area contributed by atoms with Gasteiger partial charge in [0.1, 0.15) is 10.6 Å². The molecule has 0 aromatic carbocycles. The van der Waals surface area contributed by atoms with Gasteiger partial charge in [0.15, 0.2) is 0 Å². The number of aromatic nitrogens is 1. The van der Waals surface area contributed by atoms with E-state index >= 15 is 0 Å². The first-order chi connectivity index (χ1) is 11.3. The Hall–Kier alpha value is -0.530. The van der Waals surface area contributed by atoms with Crippen molar-refractivity contribution in [2.45, 2.75) is 43.9 Å². The van der Waals surface area contributed by atoms with Crippen LogP contribution in [0.25, 0.3) is 0 Å². The van der Waals surface area contributed by atoms with Crippen LogP contribution in [0.2, 0.25) is 0 Å². The largest absolute Gasteiger partial charge is 0.377 e. The molecule has 0 aliphatic carbocycles. The summed E-state index contributed by atoms with van der Waals surface area (Å²) in [5.74, 6) is 0. The summed E-state index contributed by atoms with van der Waals surface area (Å²) in [4.78, 5) is 9.45. The molecular formula is C17H27N3O2S. The lowest BCUT2D eigenvalue weighted by Gasteiger charge is -2.32. The van der Waals surface area contributed by atoms with E-state index in [2.05, 4.69) is 20.2 Å². The number of hydrogen-bond acceptors (Lipinski definition) is 6. The van der Waals surface area contributed by atoms with E-state index in [-0.39, 0.29) is 5.60 Å². The van der Waals surface area contributed by atoms with Gasteiger partial charge in [-0.15, -0.1) is 11.3 Å². The molecule has 6 heteroatoms. The molecule has 23 heavy (non-hydrogen) atoms. The zero-order chi connectivity index (χ0) is 15.5. The molecule has 1 aromatic rings. The zero-order valence-corrected chi connectivity index (χ0v) is 14.6. The molecule has 5 nitrogen and oxygen atoms in total. The van der Waals surface area contributed by atoms with Gasteiger partial charge in [-0.05, 0) is 38.8 Å². The van der Waals surface area contributed by atoms with Crippen molar-refractivity contribution >= 4 is 11.3 Å². The van der Waals surface area contributed by atoms with E-state index in [0.717, 1.165) is 45.8 Å². The molecule has 0 bridgehead atoms. The normalized spacial score (nSPS) is 33.5. The Kier molecular flexibility index (Phi) is 4.96. The monoisotopic (exact) mass is 337 g/mol. The van der Waals surface area contributed by atoms with E-state index in [1.807, 2.05) is 6.20 Å². The summed E-state index contributed by atoms with van der Waals surface area (Å²) in [6.45, 7) is 8.02. The number of nitrogens with zero attached hydrogens (tertiary/aromatic N) is 3. The fourth-order valence-corrected chi connectivity index (χ4v) is 4.80. The van der Waals surface area contributed by atoms with E-state index in [9.17, 15) is 0 Å². The van der Waals surface area contributed by atoms with Crippen molar-refractivity contribution in [1.29, 1.82) is 0 Å². The van der Waals surface area contributed by atoms with Crippen molar-refractivity contribution in [3.63, 3.8) is 0 Å². The molecule has 2 unspecified atom stereocenters. The van der Waals surface area contributed by atoms with Crippen LogP contribution in [0, 0.1) is 0 Å². The molecule has 2 atom stereocenters. The molecular weight excluding hydrogens is 310 g/mol. The number of hydrogen-bond donors (Lipinski definition) is 0. The number of likely N-dealkylation sites (tertiary alicyclic amines) is 1. The standard InChI is InChI=1S/C17H27N3O2S/c1-2-7-19(6-1)11-15-3-4-17(22-15)13-20(8-9-21-14-17)12-16-18-5-10-23-16/h5,10,15H,1-4,6-9,11-14H2. The molecule has 0 radical (unpaired) electrons. The highest BCUT2D eigenvalue weighted by Gasteiger charge is 2.43. The maximum Gasteiger partial charge on any atom is 0.107 e. The van der Waals surface area contributed by atoms with Crippen molar-refractivity contribution < 1.29 is 9.47 Å². The van der Waals surface area contributed by atoms with Gasteiger partial charge in [0.2, 0.25) is 0 Å². The first-order valence-corrected chi connectivity index (χ1v) is 9.78. The van der Waals surface area contributed by atoms with Crippen molar-refractivity contribution in [3.8, 4) is 0 Å². The van der Waals surface area contributed by atoms with Crippen LogP contribution in [-0.2, 0) is 16.0 Å². The van der Waals surface area contributed by atoms with Gasteiger partial charge in [-0.25, -0.2) is 4.98 Å². The Labute approximate surface area is 142 Å². The highest BCUT2D eigenvalue weighted by molar-refractivity contribution is 7.09. The van der Waals surface area contributed by atoms with Crippen LogP contribution in [-0.4, -0.2) is 72.4 Å². The lowest BCUT2D eigenvalue weighted by molar-refractivity contribution is -0.0913. The maximum atomic E-state index is 6.56. The van der Waals surface area contributed by atoms with E-state index in [1.165, 1.54) is 37.4 Å².